The van der Waals surface area contributed by atoms with Crippen molar-refractivity contribution in [2.24, 2.45) is 5.73 Å². The SMILES string of the molecule is COC(=O)CN.COC(=O)CNCc1cc(C)cc(-n2nc3ccccc3n2)c1O.Cc1cc(CCl)c(O)c(-n2nc3ccccc3n2)c1. The molecule has 15 heteroatoms. The highest BCUT2D eigenvalue weighted by atomic mass is 35.5. The zero-order valence-electron chi connectivity index (χ0n) is 27.4. The third-order valence-electron chi connectivity index (χ3n) is 6.98. The number of nitrogens with one attached hydrogen (secondary N) is 1. The summed E-state index contributed by atoms with van der Waals surface area (Å²) in [6.07, 6.45) is 0. The molecule has 5 N–H and O–H groups in total. The molecule has 0 aliphatic rings. The molecule has 0 saturated carbocycles. The van der Waals surface area contributed by atoms with Crippen molar-refractivity contribution in [3.05, 3.63) is 95.1 Å². The van der Waals surface area contributed by atoms with Crippen LogP contribution in [-0.2, 0) is 31.5 Å². The van der Waals surface area contributed by atoms with Gasteiger partial charge in [0.15, 0.2) is 0 Å². The van der Waals surface area contributed by atoms with E-state index in [1.54, 1.807) is 0 Å². The number of esters is 2. The van der Waals surface area contributed by atoms with E-state index in [0.29, 0.717) is 29.0 Å². The lowest BCUT2D eigenvalue weighted by molar-refractivity contribution is -0.140. The summed E-state index contributed by atoms with van der Waals surface area (Å²) in [5.41, 5.74) is 12.2. The molecule has 0 spiro atoms. The van der Waals surface area contributed by atoms with Crippen molar-refractivity contribution in [3.8, 4) is 22.9 Å². The number of ether oxygens (including phenoxy) is 2. The number of aryl methyl sites for hydroxylation is 2. The third kappa shape index (κ3) is 9.28. The second kappa shape index (κ2) is 17.0. The fourth-order valence-electron chi connectivity index (χ4n) is 4.60. The molecule has 0 saturated heterocycles. The molecule has 6 aromatic rings. The highest BCUT2D eigenvalue weighted by Crippen LogP contribution is 2.29. The lowest BCUT2D eigenvalue weighted by Crippen LogP contribution is -2.23. The van der Waals surface area contributed by atoms with Crippen molar-refractivity contribution in [3.63, 3.8) is 0 Å². The number of aromatic nitrogens is 6. The standard InChI is InChI=1S/C17H18N4O3.C14H12ClN3O.C3H7NO2/c1-11-7-12(9-18-10-16(22)24-2)17(23)15(8-11)21-19-13-5-3-4-6-14(13)20-21;1-9-6-10(8-15)14(19)13(7-9)18-16-11-4-2-3-5-12(11)17-18;1-6-3(5)2-4/h3-8,18,23H,9-10H2,1-2H3;2-7,19H,8H2,1H3;2,4H2,1H3. The summed E-state index contributed by atoms with van der Waals surface area (Å²) < 4.78 is 8.72. The van der Waals surface area contributed by atoms with Gasteiger partial charge >= 0.3 is 11.9 Å². The molecule has 2 aromatic heterocycles. The number of rotatable bonds is 8. The summed E-state index contributed by atoms with van der Waals surface area (Å²) in [5.74, 6) is -0.280. The molecule has 0 fully saturated rings. The number of aromatic hydroxyl groups is 2. The van der Waals surface area contributed by atoms with Crippen LogP contribution < -0.4 is 11.1 Å². The zero-order chi connectivity index (χ0) is 35.5. The predicted molar refractivity (Wildman–Crippen MR) is 185 cm³/mol. The molecule has 14 nitrogen and oxygen atoms in total. The Hall–Kier alpha value is -5.57. The van der Waals surface area contributed by atoms with Gasteiger partial charge in [0.05, 0.1) is 33.2 Å². The molecule has 0 aliphatic heterocycles. The average Bonchev–Trinajstić information content (AvgIpc) is 3.75. The van der Waals surface area contributed by atoms with E-state index in [1.165, 1.54) is 23.8 Å². The van der Waals surface area contributed by atoms with Crippen LogP contribution in [0.25, 0.3) is 33.4 Å². The molecule has 2 heterocycles. The molecule has 0 aliphatic carbocycles. The van der Waals surface area contributed by atoms with Crippen molar-refractivity contribution in [2.45, 2.75) is 26.3 Å². The number of phenols is 2. The van der Waals surface area contributed by atoms with E-state index in [0.717, 1.165) is 33.2 Å². The minimum Gasteiger partial charge on any atom is -0.505 e. The number of carbonyl (C=O) groups excluding carboxylic acids is 2. The van der Waals surface area contributed by atoms with E-state index >= 15 is 0 Å². The van der Waals surface area contributed by atoms with Gasteiger partial charge in [-0.2, -0.15) is 0 Å². The van der Waals surface area contributed by atoms with Gasteiger partial charge in [-0.1, -0.05) is 36.4 Å². The van der Waals surface area contributed by atoms with Crippen LogP contribution in [0.5, 0.6) is 11.5 Å². The smallest absolute Gasteiger partial charge is 0.319 e. The number of alkyl halides is 1. The van der Waals surface area contributed by atoms with E-state index in [-0.39, 0.29) is 42.4 Å². The quantitative estimate of drug-likeness (QED) is 0.133. The topological polar surface area (TPSA) is 193 Å². The lowest BCUT2D eigenvalue weighted by atomic mass is 10.1. The molecule has 49 heavy (non-hydrogen) atoms. The number of phenolic OH excluding ortho intramolecular Hbond substituents is 2. The van der Waals surface area contributed by atoms with Gasteiger partial charge < -0.3 is 30.7 Å². The first-order chi connectivity index (χ1) is 23.6. The van der Waals surface area contributed by atoms with E-state index in [1.807, 2.05) is 86.6 Å². The number of nitrogens with zero attached hydrogens (tertiary/aromatic N) is 6. The second-order valence-electron chi connectivity index (χ2n) is 10.6. The second-order valence-corrected chi connectivity index (χ2v) is 10.9. The predicted octanol–water partition coefficient (Wildman–Crippen LogP) is 3.99. The largest absolute Gasteiger partial charge is 0.505 e. The molecule has 0 bridgehead atoms. The number of fused-ring (bicyclic) bond motifs is 2. The number of nitrogens with two attached hydrogens (primary N) is 1. The van der Waals surface area contributed by atoms with Crippen LogP contribution in [0, 0.1) is 13.8 Å². The van der Waals surface area contributed by atoms with Crippen LogP contribution in [0.3, 0.4) is 0 Å². The van der Waals surface area contributed by atoms with Gasteiger partial charge in [0.1, 0.15) is 44.9 Å². The molecule has 256 valence electrons. The van der Waals surface area contributed by atoms with Crippen LogP contribution in [0.2, 0.25) is 0 Å². The number of methoxy groups -OCH3 is 2. The van der Waals surface area contributed by atoms with Crippen LogP contribution in [0.15, 0.2) is 72.8 Å². The van der Waals surface area contributed by atoms with E-state index < -0.39 is 0 Å². The first-order valence-electron chi connectivity index (χ1n) is 15.0. The molecule has 6 rings (SSSR count). The van der Waals surface area contributed by atoms with Crippen molar-refractivity contribution in [1.29, 1.82) is 0 Å². The van der Waals surface area contributed by atoms with Crippen molar-refractivity contribution >= 4 is 45.6 Å². The molecule has 4 aromatic carbocycles. The van der Waals surface area contributed by atoms with Gasteiger partial charge in [-0.25, -0.2) is 0 Å². The normalized spacial score (nSPS) is 10.6. The van der Waals surface area contributed by atoms with Gasteiger partial charge in [0.25, 0.3) is 0 Å². The molecule has 0 unspecified atom stereocenters. The Morgan fingerprint density at radius 1 is 0.735 bits per heavy atom. The summed E-state index contributed by atoms with van der Waals surface area (Å²) >= 11 is 5.83. The highest BCUT2D eigenvalue weighted by Gasteiger charge is 2.15. The summed E-state index contributed by atoms with van der Waals surface area (Å²) in [5, 5.41) is 41.2. The Morgan fingerprint density at radius 3 is 1.51 bits per heavy atom. The van der Waals surface area contributed by atoms with Crippen molar-refractivity contribution in [1.82, 2.24) is 35.3 Å². The Morgan fingerprint density at radius 2 is 1.14 bits per heavy atom. The maximum atomic E-state index is 11.2. The summed E-state index contributed by atoms with van der Waals surface area (Å²) in [4.78, 5) is 23.9. The lowest BCUT2D eigenvalue weighted by Gasteiger charge is -2.11. The third-order valence-corrected chi connectivity index (χ3v) is 7.27. The van der Waals surface area contributed by atoms with Crippen LogP contribution in [0.4, 0.5) is 0 Å². The van der Waals surface area contributed by atoms with Crippen molar-refractivity contribution < 1.29 is 29.3 Å². The Balaban J connectivity index is 0.000000193. The Kier molecular flexibility index (Phi) is 12.6. The fraction of sp³-hybridized carbons (Fsp3) is 0.235. The molecular formula is C34H37ClN8O6. The summed E-state index contributed by atoms with van der Waals surface area (Å²) in [7, 11) is 2.63. The van der Waals surface area contributed by atoms with Gasteiger partial charge in [0, 0.05) is 17.7 Å². The van der Waals surface area contributed by atoms with Gasteiger partial charge in [-0.3, -0.25) is 9.59 Å². The number of hydrogen-bond donors (Lipinski definition) is 4. The van der Waals surface area contributed by atoms with E-state index in [9.17, 15) is 19.8 Å². The van der Waals surface area contributed by atoms with Crippen LogP contribution in [0.1, 0.15) is 22.3 Å². The Labute approximate surface area is 287 Å². The maximum Gasteiger partial charge on any atom is 0.319 e. The minimum atomic E-state index is -0.380. The first-order valence-corrected chi connectivity index (χ1v) is 15.5. The molecular weight excluding hydrogens is 652 g/mol. The number of hydrogen-bond acceptors (Lipinski definition) is 12. The average molecular weight is 689 g/mol. The fourth-order valence-corrected chi connectivity index (χ4v) is 4.80. The zero-order valence-corrected chi connectivity index (χ0v) is 28.2. The number of benzene rings is 4. The highest BCUT2D eigenvalue weighted by molar-refractivity contribution is 6.17. The monoisotopic (exact) mass is 688 g/mol. The van der Waals surface area contributed by atoms with Crippen molar-refractivity contribution in [2.75, 3.05) is 27.3 Å². The summed E-state index contributed by atoms with van der Waals surface area (Å²) in [6.45, 7) is 4.24. The van der Waals surface area contributed by atoms with E-state index in [4.69, 9.17) is 17.3 Å². The van der Waals surface area contributed by atoms with Gasteiger partial charge in [-0.15, -0.1) is 41.6 Å². The molecule has 0 atom stereocenters. The van der Waals surface area contributed by atoms with Gasteiger partial charge in [-0.05, 0) is 61.4 Å². The first kappa shape index (κ1) is 36.3. The number of carbonyl (C=O) groups is 2. The van der Waals surface area contributed by atoms with Gasteiger partial charge in [0.2, 0.25) is 0 Å². The van der Waals surface area contributed by atoms with Crippen LogP contribution >= 0.6 is 11.6 Å². The maximum absolute atomic E-state index is 11.2. The molecule has 0 radical (unpaired) electrons. The van der Waals surface area contributed by atoms with Crippen LogP contribution in [-0.4, -0.2) is 79.4 Å². The number of halogens is 1. The molecule has 0 amide bonds. The summed E-state index contributed by atoms with van der Waals surface area (Å²) in [6, 6.07) is 22.4. The Bertz CT molecular complexity index is 1990. The van der Waals surface area contributed by atoms with E-state index in [2.05, 4.69) is 35.2 Å². The minimum absolute atomic E-state index is 0.0312.